The predicted octanol–water partition coefficient (Wildman–Crippen LogP) is 3.81. The Bertz CT molecular complexity index is 1000. The third kappa shape index (κ3) is 3.39. The van der Waals surface area contributed by atoms with Gasteiger partial charge in [-0.15, -0.1) is 22.7 Å². The molecule has 3 aromatic rings. The minimum atomic E-state index is -0.0880. The normalized spacial score (nSPS) is 19.1. The molecule has 0 bridgehead atoms. The van der Waals surface area contributed by atoms with Crippen molar-refractivity contribution in [2.45, 2.75) is 26.1 Å². The van der Waals surface area contributed by atoms with E-state index in [0.29, 0.717) is 19.1 Å². The van der Waals surface area contributed by atoms with Crippen LogP contribution in [0.15, 0.2) is 17.5 Å². The molecule has 2 saturated heterocycles. The number of benzene rings is 1. The van der Waals surface area contributed by atoms with E-state index in [2.05, 4.69) is 4.98 Å². The lowest BCUT2D eigenvalue weighted by Gasteiger charge is -2.33. The van der Waals surface area contributed by atoms with Gasteiger partial charge >= 0.3 is 0 Å². The fourth-order valence-electron chi connectivity index (χ4n) is 4.01. The van der Waals surface area contributed by atoms with Gasteiger partial charge in [0.25, 0.3) is 5.91 Å². The molecular weight excluding hydrogens is 396 g/mol. The van der Waals surface area contributed by atoms with Crippen molar-refractivity contribution >= 4 is 48.9 Å². The van der Waals surface area contributed by atoms with Crippen molar-refractivity contribution in [1.29, 1.82) is 0 Å². The molecule has 0 saturated carbocycles. The van der Waals surface area contributed by atoms with E-state index in [9.17, 15) is 4.79 Å². The highest BCUT2D eigenvalue weighted by Crippen LogP contribution is 2.38. The highest BCUT2D eigenvalue weighted by atomic mass is 32.1. The Morgan fingerprint density at radius 2 is 2.11 bits per heavy atom. The van der Waals surface area contributed by atoms with Crippen LogP contribution in [0.3, 0.4) is 0 Å². The van der Waals surface area contributed by atoms with Crippen LogP contribution in [0.1, 0.15) is 17.8 Å². The molecule has 0 aliphatic carbocycles. The number of ether oxygens (including phenoxy) is 3. The second-order valence-corrected chi connectivity index (χ2v) is 9.39. The van der Waals surface area contributed by atoms with E-state index in [1.807, 2.05) is 29.3 Å². The standard InChI is InChI=1S/C20H22N2O4S2/c1-12-21-18-16(28-12)10-15(14-4-9-27-19(14)18)26-11-17(23)22-5-2-13(3-6-22)20-24-7-8-25-20/h4,9-10,13,20H,2-3,5-8,11H2,1H3. The average molecular weight is 419 g/mol. The zero-order valence-corrected chi connectivity index (χ0v) is 17.3. The number of thiophene rings is 1. The highest BCUT2D eigenvalue weighted by molar-refractivity contribution is 7.21. The summed E-state index contributed by atoms with van der Waals surface area (Å²) in [5, 5.41) is 4.12. The SMILES string of the molecule is Cc1nc2c(cc(OCC(=O)N3CCC(C4OCCO4)CC3)c3ccsc32)s1. The molecular formula is C20H22N2O4S2. The summed E-state index contributed by atoms with van der Waals surface area (Å²) in [5.41, 5.74) is 1.03. The van der Waals surface area contributed by atoms with Crippen LogP contribution in [-0.4, -0.2) is 55.0 Å². The van der Waals surface area contributed by atoms with Gasteiger partial charge in [0.1, 0.15) is 5.75 Å². The fraction of sp³-hybridized carbons (Fsp3) is 0.500. The summed E-state index contributed by atoms with van der Waals surface area (Å²) in [6.45, 7) is 4.90. The maximum atomic E-state index is 12.7. The van der Waals surface area contributed by atoms with Crippen LogP contribution in [0, 0.1) is 12.8 Å². The van der Waals surface area contributed by atoms with Gasteiger partial charge in [-0.3, -0.25) is 4.79 Å². The number of carbonyl (C=O) groups excluding carboxylic acids is 1. The monoisotopic (exact) mass is 418 g/mol. The number of carbonyl (C=O) groups is 1. The molecule has 2 aromatic heterocycles. The molecule has 148 valence electrons. The van der Waals surface area contributed by atoms with Gasteiger partial charge in [0.15, 0.2) is 12.9 Å². The van der Waals surface area contributed by atoms with Gasteiger partial charge in [-0.1, -0.05) is 0 Å². The number of rotatable bonds is 4. The van der Waals surface area contributed by atoms with Crippen molar-refractivity contribution < 1.29 is 19.0 Å². The summed E-state index contributed by atoms with van der Waals surface area (Å²) in [5.74, 6) is 1.19. The third-order valence-electron chi connectivity index (χ3n) is 5.44. The van der Waals surface area contributed by atoms with Gasteiger partial charge in [-0.2, -0.15) is 0 Å². The van der Waals surface area contributed by atoms with Gasteiger partial charge in [0, 0.05) is 30.5 Å². The summed E-state index contributed by atoms with van der Waals surface area (Å²) < 4.78 is 19.4. The summed E-state index contributed by atoms with van der Waals surface area (Å²) in [6.07, 6.45) is 1.74. The lowest BCUT2D eigenvalue weighted by Crippen LogP contribution is -2.43. The van der Waals surface area contributed by atoms with Crippen LogP contribution in [-0.2, 0) is 14.3 Å². The van der Waals surface area contributed by atoms with Crippen LogP contribution in [0.4, 0.5) is 0 Å². The number of nitrogens with zero attached hydrogens (tertiary/aromatic N) is 2. The number of hydrogen-bond acceptors (Lipinski definition) is 7. The minimum Gasteiger partial charge on any atom is -0.483 e. The maximum Gasteiger partial charge on any atom is 0.260 e. The van der Waals surface area contributed by atoms with Crippen LogP contribution < -0.4 is 4.74 Å². The highest BCUT2D eigenvalue weighted by Gasteiger charge is 2.31. The molecule has 2 fully saturated rings. The van der Waals surface area contributed by atoms with Gasteiger partial charge in [0.05, 0.1) is 33.1 Å². The number of thiazole rings is 1. The average Bonchev–Trinajstić information content (AvgIpc) is 3.45. The zero-order chi connectivity index (χ0) is 19.1. The van der Waals surface area contributed by atoms with Crippen LogP contribution >= 0.6 is 22.7 Å². The molecule has 2 aliphatic heterocycles. The summed E-state index contributed by atoms with van der Waals surface area (Å²) in [4.78, 5) is 19.2. The van der Waals surface area contributed by atoms with E-state index < -0.39 is 0 Å². The quantitative estimate of drug-likeness (QED) is 0.645. The van der Waals surface area contributed by atoms with Crippen LogP contribution in [0.2, 0.25) is 0 Å². The smallest absolute Gasteiger partial charge is 0.260 e. The Balaban J connectivity index is 1.25. The molecule has 0 N–H and O–H groups in total. The van der Waals surface area contributed by atoms with E-state index in [1.165, 1.54) is 0 Å². The van der Waals surface area contributed by atoms with E-state index in [4.69, 9.17) is 14.2 Å². The molecule has 0 radical (unpaired) electrons. The van der Waals surface area contributed by atoms with E-state index in [1.54, 1.807) is 22.7 Å². The molecule has 1 aromatic carbocycles. The van der Waals surface area contributed by atoms with Gasteiger partial charge in [0.2, 0.25) is 0 Å². The zero-order valence-electron chi connectivity index (χ0n) is 15.7. The Labute approximate surface area is 171 Å². The minimum absolute atomic E-state index is 0.0377. The first-order valence-corrected chi connectivity index (χ1v) is 11.3. The third-order valence-corrected chi connectivity index (χ3v) is 7.28. The number of hydrogen-bond donors (Lipinski definition) is 0. The van der Waals surface area contributed by atoms with Crippen molar-refractivity contribution in [2.75, 3.05) is 32.9 Å². The van der Waals surface area contributed by atoms with Crippen LogP contribution in [0.5, 0.6) is 5.75 Å². The Kier molecular flexibility index (Phi) is 4.96. The maximum absolute atomic E-state index is 12.7. The lowest BCUT2D eigenvalue weighted by atomic mass is 9.96. The molecule has 1 amide bonds. The molecule has 6 nitrogen and oxygen atoms in total. The predicted molar refractivity (Wildman–Crippen MR) is 110 cm³/mol. The first-order valence-electron chi connectivity index (χ1n) is 9.60. The van der Waals surface area contributed by atoms with E-state index in [0.717, 1.165) is 57.0 Å². The number of fused-ring (bicyclic) bond motifs is 3. The molecule has 8 heteroatoms. The first kappa shape index (κ1) is 18.3. The van der Waals surface area contributed by atoms with Gasteiger partial charge < -0.3 is 19.1 Å². The number of aromatic nitrogens is 1. The first-order chi connectivity index (χ1) is 13.7. The molecule has 5 rings (SSSR count). The summed E-state index contributed by atoms with van der Waals surface area (Å²) >= 11 is 3.32. The molecule has 4 heterocycles. The lowest BCUT2D eigenvalue weighted by molar-refractivity contribution is -0.138. The molecule has 28 heavy (non-hydrogen) atoms. The second kappa shape index (κ2) is 7.59. The largest absolute Gasteiger partial charge is 0.483 e. The number of piperidine rings is 1. The molecule has 0 spiro atoms. The van der Waals surface area contributed by atoms with Crippen molar-refractivity contribution in [3.8, 4) is 5.75 Å². The topological polar surface area (TPSA) is 60.9 Å². The van der Waals surface area contributed by atoms with Crippen molar-refractivity contribution in [3.05, 3.63) is 22.5 Å². The summed E-state index contributed by atoms with van der Waals surface area (Å²) in [6, 6.07) is 4.06. The van der Waals surface area contributed by atoms with E-state index in [-0.39, 0.29) is 18.8 Å². The second-order valence-electron chi connectivity index (χ2n) is 7.23. The summed E-state index contributed by atoms with van der Waals surface area (Å²) in [7, 11) is 0. The van der Waals surface area contributed by atoms with Gasteiger partial charge in [-0.25, -0.2) is 4.98 Å². The van der Waals surface area contributed by atoms with Crippen molar-refractivity contribution in [3.63, 3.8) is 0 Å². The van der Waals surface area contributed by atoms with Crippen molar-refractivity contribution in [1.82, 2.24) is 9.88 Å². The number of aryl methyl sites for hydroxylation is 1. The molecule has 0 atom stereocenters. The molecule has 2 aliphatic rings. The van der Waals surface area contributed by atoms with Gasteiger partial charge in [-0.05, 0) is 31.2 Å². The fourth-order valence-corrected chi connectivity index (χ4v) is 5.84. The molecule has 0 unspecified atom stereocenters. The Morgan fingerprint density at radius 3 is 2.89 bits per heavy atom. The van der Waals surface area contributed by atoms with E-state index >= 15 is 0 Å². The Hall–Kier alpha value is -1.74. The number of amides is 1. The Morgan fingerprint density at radius 1 is 1.32 bits per heavy atom. The van der Waals surface area contributed by atoms with Crippen molar-refractivity contribution in [2.24, 2.45) is 5.92 Å². The number of likely N-dealkylation sites (tertiary alicyclic amines) is 1. The van der Waals surface area contributed by atoms with Crippen LogP contribution in [0.25, 0.3) is 20.3 Å².